The van der Waals surface area contributed by atoms with E-state index in [-0.39, 0.29) is 11.7 Å². The summed E-state index contributed by atoms with van der Waals surface area (Å²) in [5, 5.41) is 7.47. The Balaban J connectivity index is 2.27. The van der Waals surface area contributed by atoms with E-state index in [9.17, 15) is 4.79 Å². The second kappa shape index (κ2) is 4.26. The molecule has 2 aromatic rings. The Bertz CT molecular complexity index is 490. The number of aryl methyl sites for hydroxylation is 1. The van der Waals surface area contributed by atoms with E-state index in [4.69, 9.17) is 0 Å². The maximum atomic E-state index is 12.1. The van der Waals surface area contributed by atoms with Gasteiger partial charge in [0.2, 0.25) is 0 Å². The van der Waals surface area contributed by atoms with Crippen molar-refractivity contribution in [3.05, 3.63) is 47.8 Å². The summed E-state index contributed by atoms with van der Waals surface area (Å²) in [7, 11) is 1.72. The van der Waals surface area contributed by atoms with Gasteiger partial charge in [0.1, 0.15) is 5.69 Å². The fraction of sp³-hybridized carbons (Fsp3) is 0.250. The molecule has 0 saturated heterocycles. The maximum absolute atomic E-state index is 12.1. The number of hydrogen-bond donors (Lipinski definition) is 0. The van der Waals surface area contributed by atoms with Gasteiger partial charge in [0, 0.05) is 13.0 Å². The number of nitrogens with zero attached hydrogens (tertiary/aromatic N) is 3. The van der Waals surface area contributed by atoms with Crippen LogP contribution in [0.4, 0.5) is 0 Å². The molecule has 1 atom stereocenters. The first kappa shape index (κ1) is 10.5. The molecular formula is C12H13N3O. The zero-order valence-electron chi connectivity index (χ0n) is 9.29. The minimum absolute atomic E-state index is 0.0405. The molecule has 1 aromatic heterocycles. The van der Waals surface area contributed by atoms with Crippen LogP contribution >= 0.6 is 0 Å². The van der Waals surface area contributed by atoms with E-state index in [0.717, 1.165) is 5.56 Å². The van der Waals surface area contributed by atoms with Crippen molar-refractivity contribution in [1.29, 1.82) is 0 Å². The van der Waals surface area contributed by atoms with Crippen molar-refractivity contribution >= 4 is 5.78 Å². The largest absolute Gasteiger partial charge is 0.292 e. The predicted molar refractivity (Wildman–Crippen MR) is 60.2 cm³/mol. The number of carbonyl (C=O) groups is 1. The summed E-state index contributed by atoms with van der Waals surface area (Å²) in [6.07, 6.45) is 1.50. The van der Waals surface area contributed by atoms with Crippen LogP contribution in [0.3, 0.4) is 0 Å². The van der Waals surface area contributed by atoms with E-state index in [1.807, 2.05) is 37.3 Å². The second-order valence-corrected chi connectivity index (χ2v) is 3.74. The molecular weight excluding hydrogens is 202 g/mol. The van der Waals surface area contributed by atoms with Crippen molar-refractivity contribution in [2.75, 3.05) is 0 Å². The standard InChI is InChI=1S/C12H13N3O/c1-9(10-6-4-3-5-7-10)12(16)11-8-13-14-15(11)2/h3-9H,1-2H3. The summed E-state index contributed by atoms with van der Waals surface area (Å²) in [6, 6.07) is 9.70. The summed E-state index contributed by atoms with van der Waals surface area (Å²) in [4.78, 5) is 12.1. The Labute approximate surface area is 93.9 Å². The summed E-state index contributed by atoms with van der Waals surface area (Å²) in [6.45, 7) is 1.89. The van der Waals surface area contributed by atoms with Crippen LogP contribution in [0.1, 0.15) is 28.9 Å². The van der Waals surface area contributed by atoms with Gasteiger partial charge in [-0.2, -0.15) is 0 Å². The summed E-state index contributed by atoms with van der Waals surface area (Å²) < 4.78 is 1.50. The van der Waals surface area contributed by atoms with Crippen LogP contribution in [0, 0.1) is 0 Å². The average molecular weight is 215 g/mol. The van der Waals surface area contributed by atoms with Gasteiger partial charge < -0.3 is 0 Å². The van der Waals surface area contributed by atoms with Crippen molar-refractivity contribution < 1.29 is 4.79 Å². The van der Waals surface area contributed by atoms with Crippen molar-refractivity contribution in [2.45, 2.75) is 12.8 Å². The molecule has 82 valence electrons. The average Bonchev–Trinajstić information content (AvgIpc) is 2.75. The zero-order chi connectivity index (χ0) is 11.5. The number of hydrogen-bond acceptors (Lipinski definition) is 3. The minimum atomic E-state index is -0.168. The fourth-order valence-corrected chi connectivity index (χ4v) is 1.63. The first-order chi connectivity index (χ1) is 7.70. The second-order valence-electron chi connectivity index (χ2n) is 3.74. The SMILES string of the molecule is CC(C(=O)c1cnnn1C)c1ccccc1. The quantitative estimate of drug-likeness (QED) is 0.733. The van der Waals surface area contributed by atoms with E-state index < -0.39 is 0 Å². The molecule has 4 nitrogen and oxygen atoms in total. The molecule has 0 spiro atoms. The molecule has 0 aliphatic heterocycles. The number of carbonyl (C=O) groups excluding carboxylic acids is 1. The third-order valence-electron chi connectivity index (χ3n) is 2.66. The maximum Gasteiger partial charge on any atom is 0.189 e. The van der Waals surface area contributed by atoms with Gasteiger partial charge in [0.25, 0.3) is 0 Å². The summed E-state index contributed by atoms with van der Waals surface area (Å²) in [5.74, 6) is -0.128. The molecule has 2 rings (SSSR count). The molecule has 0 N–H and O–H groups in total. The Morgan fingerprint density at radius 1 is 1.31 bits per heavy atom. The van der Waals surface area contributed by atoms with Crippen LogP contribution in [0.5, 0.6) is 0 Å². The van der Waals surface area contributed by atoms with Crippen LogP contribution < -0.4 is 0 Å². The number of benzene rings is 1. The molecule has 1 unspecified atom stereocenters. The molecule has 0 aliphatic carbocycles. The third kappa shape index (κ3) is 1.86. The lowest BCUT2D eigenvalue weighted by molar-refractivity contribution is 0.0957. The van der Waals surface area contributed by atoms with Crippen LogP contribution in [-0.4, -0.2) is 20.8 Å². The van der Waals surface area contributed by atoms with Crippen molar-refractivity contribution in [3.63, 3.8) is 0 Å². The highest BCUT2D eigenvalue weighted by molar-refractivity contribution is 5.99. The zero-order valence-corrected chi connectivity index (χ0v) is 9.29. The Hall–Kier alpha value is -1.97. The van der Waals surface area contributed by atoms with Gasteiger partial charge in [-0.05, 0) is 5.56 Å². The van der Waals surface area contributed by atoms with Gasteiger partial charge in [-0.3, -0.25) is 4.79 Å². The molecule has 0 bridgehead atoms. The van der Waals surface area contributed by atoms with Crippen molar-refractivity contribution in [3.8, 4) is 0 Å². The first-order valence-corrected chi connectivity index (χ1v) is 5.14. The van der Waals surface area contributed by atoms with Gasteiger partial charge in [-0.1, -0.05) is 42.5 Å². The van der Waals surface area contributed by atoms with Crippen LogP contribution in [0.15, 0.2) is 36.5 Å². The number of ketones is 1. The molecule has 4 heteroatoms. The number of aromatic nitrogens is 3. The van der Waals surface area contributed by atoms with Crippen LogP contribution in [0.25, 0.3) is 0 Å². The molecule has 1 heterocycles. The van der Waals surface area contributed by atoms with Gasteiger partial charge in [-0.15, -0.1) is 5.10 Å². The lowest BCUT2D eigenvalue weighted by Crippen LogP contribution is -2.13. The Morgan fingerprint density at radius 3 is 2.56 bits per heavy atom. The molecule has 16 heavy (non-hydrogen) atoms. The van der Waals surface area contributed by atoms with E-state index in [2.05, 4.69) is 10.3 Å². The summed E-state index contributed by atoms with van der Waals surface area (Å²) >= 11 is 0. The molecule has 0 aliphatic rings. The van der Waals surface area contributed by atoms with E-state index >= 15 is 0 Å². The molecule has 1 aromatic carbocycles. The molecule has 0 saturated carbocycles. The normalized spacial score (nSPS) is 12.4. The van der Waals surface area contributed by atoms with Crippen LogP contribution in [0.2, 0.25) is 0 Å². The highest BCUT2D eigenvalue weighted by Crippen LogP contribution is 2.19. The molecule has 0 fully saturated rings. The summed E-state index contributed by atoms with van der Waals surface area (Å²) in [5.41, 5.74) is 1.55. The van der Waals surface area contributed by atoms with Crippen molar-refractivity contribution in [1.82, 2.24) is 15.0 Å². The fourth-order valence-electron chi connectivity index (χ4n) is 1.63. The van der Waals surface area contributed by atoms with Crippen molar-refractivity contribution in [2.24, 2.45) is 7.05 Å². The van der Waals surface area contributed by atoms with E-state index in [1.54, 1.807) is 7.05 Å². The van der Waals surface area contributed by atoms with E-state index in [1.165, 1.54) is 10.9 Å². The monoisotopic (exact) mass is 215 g/mol. The Kier molecular flexibility index (Phi) is 2.81. The third-order valence-corrected chi connectivity index (χ3v) is 2.66. The molecule has 0 radical (unpaired) electrons. The van der Waals surface area contributed by atoms with Gasteiger partial charge in [0.15, 0.2) is 5.78 Å². The molecule has 0 amide bonds. The smallest absolute Gasteiger partial charge is 0.189 e. The van der Waals surface area contributed by atoms with Gasteiger partial charge in [-0.25, -0.2) is 4.68 Å². The minimum Gasteiger partial charge on any atom is -0.292 e. The number of Topliss-reactive ketones (excluding diaryl/α,β-unsaturated/α-hetero) is 1. The number of rotatable bonds is 3. The predicted octanol–water partition coefficient (Wildman–Crippen LogP) is 1.80. The topological polar surface area (TPSA) is 47.8 Å². The van der Waals surface area contributed by atoms with Crippen LogP contribution in [-0.2, 0) is 7.05 Å². The highest BCUT2D eigenvalue weighted by atomic mass is 16.1. The first-order valence-electron chi connectivity index (χ1n) is 5.14. The Morgan fingerprint density at radius 2 is 2.00 bits per heavy atom. The van der Waals surface area contributed by atoms with E-state index in [0.29, 0.717) is 5.69 Å². The lowest BCUT2D eigenvalue weighted by atomic mass is 9.95. The van der Waals surface area contributed by atoms with Gasteiger partial charge >= 0.3 is 0 Å². The van der Waals surface area contributed by atoms with Gasteiger partial charge in [0.05, 0.1) is 6.20 Å². The lowest BCUT2D eigenvalue weighted by Gasteiger charge is -2.09. The highest BCUT2D eigenvalue weighted by Gasteiger charge is 2.19.